The van der Waals surface area contributed by atoms with Gasteiger partial charge in [-0.1, -0.05) is 49.7 Å². The first-order valence-electron chi connectivity index (χ1n) is 19.8. The van der Waals surface area contributed by atoms with Crippen molar-refractivity contribution in [2.24, 2.45) is 5.92 Å². The minimum atomic E-state index is -1.91. The molecule has 7 nitrogen and oxygen atoms in total. The summed E-state index contributed by atoms with van der Waals surface area (Å²) in [5, 5.41) is 4.32. The van der Waals surface area contributed by atoms with Gasteiger partial charge in [-0.25, -0.2) is 4.98 Å². The van der Waals surface area contributed by atoms with Crippen LogP contribution < -0.4 is 4.40 Å². The minimum absolute atomic E-state index is 0. The Morgan fingerprint density at radius 2 is 1.52 bits per heavy atom. The predicted octanol–water partition coefficient (Wildman–Crippen LogP) is 11.5. The maximum Gasteiger partial charge on any atom is 0.217 e. The Morgan fingerprint density at radius 3 is 2.26 bits per heavy atom. The molecule has 58 heavy (non-hydrogen) atoms. The molecule has 0 bridgehead atoms. The average molecular weight is 1000 g/mol. The molecule has 0 amide bonds. The first-order chi connectivity index (χ1) is 27.4. The van der Waals surface area contributed by atoms with Crippen molar-refractivity contribution in [1.29, 1.82) is 0 Å². The topological polar surface area (TPSA) is 82.5 Å². The number of aromatic nitrogens is 6. The fourth-order valence-corrected chi connectivity index (χ4v) is 10.7. The van der Waals surface area contributed by atoms with Gasteiger partial charge in [0.1, 0.15) is 5.71 Å². The Labute approximate surface area is 357 Å². The summed E-state index contributed by atoms with van der Waals surface area (Å²) < 4.78 is 9.58. The van der Waals surface area contributed by atoms with Gasteiger partial charge in [0.25, 0.3) is 0 Å². The molecule has 0 fully saturated rings. The van der Waals surface area contributed by atoms with Crippen LogP contribution in [0.25, 0.3) is 66.7 Å². The molecule has 0 N–H and O–H groups in total. The molecule has 9 rings (SSSR count). The van der Waals surface area contributed by atoms with Crippen LogP contribution in [0.2, 0.25) is 17.3 Å². The summed E-state index contributed by atoms with van der Waals surface area (Å²) in [6.07, 6.45) is 8.35. The molecule has 0 atom stereocenters. The number of benzene rings is 3. The number of pyridine rings is 4. The van der Waals surface area contributed by atoms with E-state index < -0.39 is 13.3 Å². The molecule has 9 aromatic rings. The van der Waals surface area contributed by atoms with Crippen LogP contribution in [0, 0.1) is 25.1 Å². The van der Waals surface area contributed by atoms with Crippen LogP contribution in [0.3, 0.4) is 0 Å². The molecule has 0 aliphatic carbocycles. The van der Waals surface area contributed by atoms with E-state index >= 15 is 0 Å². The fourth-order valence-electron chi connectivity index (χ4n) is 7.39. The third-order valence-corrected chi connectivity index (χ3v) is 14.7. The Morgan fingerprint density at radius 1 is 0.759 bits per heavy atom. The molecule has 0 aliphatic heterocycles. The first-order valence-corrected chi connectivity index (χ1v) is 27.1. The van der Waals surface area contributed by atoms with Gasteiger partial charge in [-0.2, -0.15) is 0 Å². The molecule has 9 heteroatoms. The molecular formula is C49H48GeIrN6O-2. The van der Waals surface area contributed by atoms with Crippen LogP contribution >= 0.6 is 0 Å². The van der Waals surface area contributed by atoms with Crippen molar-refractivity contribution in [2.75, 3.05) is 0 Å². The Hall–Kier alpha value is -5.02. The van der Waals surface area contributed by atoms with Crippen molar-refractivity contribution in [3.8, 4) is 22.6 Å². The summed E-state index contributed by atoms with van der Waals surface area (Å²) in [7, 11) is 0. The third kappa shape index (κ3) is 8.70. The number of imidazole rings is 1. The second kappa shape index (κ2) is 17.1. The van der Waals surface area contributed by atoms with E-state index in [1.807, 2.05) is 37.4 Å². The molecule has 6 heterocycles. The van der Waals surface area contributed by atoms with E-state index in [4.69, 9.17) is 19.4 Å². The molecule has 3 aromatic carbocycles. The summed E-state index contributed by atoms with van der Waals surface area (Å²) >= 11 is -1.91. The fraction of sp³-hybridized carbons (Fsp3) is 0.245. The van der Waals surface area contributed by atoms with Gasteiger partial charge in [-0.15, -0.1) is 6.07 Å². The summed E-state index contributed by atoms with van der Waals surface area (Å²) in [5.41, 5.74) is 10.6. The number of fused-ring (bicyclic) bond motifs is 5. The molecule has 295 valence electrons. The standard InChI is InChI=1S/C27H22N5O.C22H26GeN.Ir/c1-16(2)22-12-23-24(14-28-22)32(15-18-7-5-4-6-8-18)25(31-23)19-11-21-20-10-9-17(3)30-27(20)33-26(21)29-13-19;1-16(2)12-20-14-22(24-15-21(20)23(3,4)5)19-11-10-17-8-6-7-9-18(17)13-19;/h4-12,14,16H,15H2,1-3H3;6-10,13-16H,12H2,1-5H3;/q2*-1;. The number of hydrogen-bond donors (Lipinski definition) is 0. The van der Waals surface area contributed by atoms with Gasteiger partial charge in [0.2, 0.25) is 5.71 Å². The van der Waals surface area contributed by atoms with E-state index in [1.54, 1.807) is 0 Å². The zero-order valence-corrected chi connectivity index (χ0v) is 38.9. The number of rotatable bonds is 8. The molecule has 0 spiro atoms. The van der Waals surface area contributed by atoms with E-state index in [2.05, 4.69) is 151 Å². The second-order valence-electron chi connectivity index (χ2n) is 16.7. The van der Waals surface area contributed by atoms with E-state index in [1.165, 1.54) is 26.3 Å². The molecule has 0 unspecified atom stereocenters. The van der Waals surface area contributed by atoms with Crippen LogP contribution in [0.4, 0.5) is 0 Å². The van der Waals surface area contributed by atoms with Gasteiger partial charge < -0.3 is 14.0 Å². The summed E-state index contributed by atoms with van der Waals surface area (Å²) in [6.45, 7) is 11.5. The van der Waals surface area contributed by atoms with Crippen molar-refractivity contribution in [2.45, 2.75) is 70.8 Å². The number of aryl methyl sites for hydroxylation is 1. The number of hydrogen-bond acceptors (Lipinski definition) is 6. The normalized spacial score (nSPS) is 11.8. The predicted molar refractivity (Wildman–Crippen MR) is 237 cm³/mol. The van der Waals surface area contributed by atoms with Crippen molar-refractivity contribution in [1.82, 2.24) is 29.5 Å². The largest absolute Gasteiger partial charge is 0.467 e. The number of furan rings is 1. The molecule has 0 saturated heterocycles. The Bertz CT molecular complexity index is 2870. The minimum Gasteiger partial charge on any atom is -0.467 e. The van der Waals surface area contributed by atoms with Gasteiger partial charge >= 0.3 is 148 Å². The van der Waals surface area contributed by atoms with E-state index in [-0.39, 0.29) is 20.1 Å². The summed E-state index contributed by atoms with van der Waals surface area (Å²) in [5.74, 6) is 9.13. The molecule has 1 radical (unpaired) electrons. The van der Waals surface area contributed by atoms with E-state index in [9.17, 15) is 0 Å². The van der Waals surface area contributed by atoms with Crippen molar-refractivity contribution in [3.05, 3.63) is 144 Å². The maximum atomic E-state index is 5.86. The van der Waals surface area contributed by atoms with Gasteiger partial charge in [0, 0.05) is 43.4 Å². The number of nitrogens with zero attached hydrogens (tertiary/aromatic N) is 6. The van der Waals surface area contributed by atoms with E-state index in [0.717, 1.165) is 62.3 Å². The molecule has 0 saturated carbocycles. The molecule has 0 aliphatic rings. The zero-order chi connectivity index (χ0) is 39.8. The molecular weight excluding hydrogens is 953 g/mol. The van der Waals surface area contributed by atoms with E-state index in [0.29, 0.717) is 29.8 Å². The van der Waals surface area contributed by atoms with Gasteiger partial charge in [0.05, 0.1) is 23.1 Å². The maximum absolute atomic E-state index is 5.86. The third-order valence-electron chi connectivity index (χ3n) is 10.3. The SMILES string of the molecule is CC(C)Cc1cc(-c2[c-]cc3ccccc3c2)nc[c]1[Ge]([CH3])([CH3])[CH3].Cc1ccc2c(n1)oc1n[c-]c(-c3nc4cc(C(C)C)ncc4n3Cc3ccccc3)cc12.[Ir]. The average Bonchev–Trinajstić information content (AvgIpc) is 3.74. The summed E-state index contributed by atoms with van der Waals surface area (Å²) in [6, 6.07) is 36.9. The monoisotopic (exact) mass is 1000 g/mol. The van der Waals surface area contributed by atoms with Crippen LogP contribution in [0.1, 0.15) is 56.1 Å². The molecule has 6 aromatic heterocycles. The van der Waals surface area contributed by atoms with Crippen molar-refractivity contribution in [3.63, 3.8) is 0 Å². The van der Waals surface area contributed by atoms with Crippen molar-refractivity contribution >= 4 is 61.7 Å². The van der Waals surface area contributed by atoms with Crippen molar-refractivity contribution < 1.29 is 24.5 Å². The van der Waals surface area contributed by atoms with Crippen LogP contribution in [0.15, 0.2) is 114 Å². The van der Waals surface area contributed by atoms with Crippen LogP contribution in [0.5, 0.6) is 0 Å². The Balaban J connectivity index is 0.000000183. The first kappa shape index (κ1) is 41.2. The van der Waals surface area contributed by atoms with Gasteiger partial charge in [-0.3, -0.25) is 9.97 Å². The van der Waals surface area contributed by atoms with Crippen LogP contribution in [-0.2, 0) is 33.1 Å². The van der Waals surface area contributed by atoms with Gasteiger partial charge in [0.15, 0.2) is 0 Å². The summed E-state index contributed by atoms with van der Waals surface area (Å²) in [4.78, 5) is 23.5. The quantitative estimate of drug-likeness (QED) is 0.111. The smallest absolute Gasteiger partial charge is 0.217 e. The second-order valence-corrected chi connectivity index (χ2v) is 27.3. The zero-order valence-electron chi connectivity index (χ0n) is 34.4. The Kier molecular flexibility index (Phi) is 12.1. The van der Waals surface area contributed by atoms with Gasteiger partial charge in [-0.05, 0) is 48.2 Å². The van der Waals surface area contributed by atoms with Crippen LogP contribution in [-0.4, -0.2) is 42.8 Å².